The first kappa shape index (κ1) is 19.1. The van der Waals surface area contributed by atoms with Gasteiger partial charge in [0.1, 0.15) is 4.83 Å². The molecule has 0 aromatic carbocycles. The Morgan fingerprint density at radius 1 is 1.48 bits per heavy atom. The van der Waals surface area contributed by atoms with Crippen LogP contribution in [-0.4, -0.2) is 42.1 Å². The summed E-state index contributed by atoms with van der Waals surface area (Å²) >= 11 is 1.37. The first-order valence-electron chi connectivity index (χ1n) is 8.63. The molecule has 1 atom stereocenters. The lowest BCUT2D eigenvalue weighted by atomic mass is 10.1. The third-order valence-electron chi connectivity index (χ3n) is 4.17. The van der Waals surface area contributed by atoms with Crippen molar-refractivity contribution in [3.05, 3.63) is 29.8 Å². The predicted molar refractivity (Wildman–Crippen MR) is 109 cm³/mol. The van der Waals surface area contributed by atoms with Crippen molar-refractivity contribution < 1.29 is 4.79 Å². The van der Waals surface area contributed by atoms with Crippen LogP contribution in [0.3, 0.4) is 0 Å². The standard InChI is InChI=1S/C19H26N4OS/c1-5-8-14(7-3)23(4)13-22-18-16(12-24)25-19-17(18)15(9-11-21-19)20-10-6-2/h6,9,11-14H,2,5,7-8,10H2,1,3-4H3,(H,20,21). The minimum absolute atomic E-state index is 0.454. The van der Waals surface area contributed by atoms with Gasteiger partial charge in [0, 0.05) is 31.5 Å². The number of nitrogens with one attached hydrogen (secondary N) is 1. The highest BCUT2D eigenvalue weighted by Crippen LogP contribution is 2.40. The number of anilines is 1. The molecule has 0 bridgehead atoms. The zero-order chi connectivity index (χ0) is 18.2. The number of carbonyl (C=O) groups excluding carboxylic acids is 1. The average Bonchev–Trinajstić information content (AvgIpc) is 3.00. The maximum atomic E-state index is 11.5. The maximum absolute atomic E-state index is 11.5. The third kappa shape index (κ3) is 4.45. The fraction of sp³-hybridized carbons (Fsp3) is 0.421. The molecule has 0 saturated heterocycles. The third-order valence-corrected chi connectivity index (χ3v) is 5.19. The molecule has 1 N–H and O–H groups in total. The molecule has 0 radical (unpaired) electrons. The molecule has 25 heavy (non-hydrogen) atoms. The maximum Gasteiger partial charge on any atom is 0.162 e. The molecule has 0 aliphatic heterocycles. The van der Waals surface area contributed by atoms with Crippen LogP contribution in [0.1, 0.15) is 42.8 Å². The van der Waals surface area contributed by atoms with Crippen molar-refractivity contribution in [2.24, 2.45) is 4.99 Å². The van der Waals surface area contributed by atoms with E-state index in [1.54, 1.807) is 12.3 Å². The normalized spacial score (nSPS) is 12.4. The molecular formula is C19H26N4OS. The average molecular weight is 359 g/mol. The minimum atomic E-state index is 0.454. The van der Waals surface area contributed by atoms with Crippen molar-refractivity contribution in [2.75, 3.05) is 18.9 Å². The van der Waals surface area contributed by atoms with Crippen molar-refractivity contribution in [3.63, 3.8) is 0 Å². The summed E-state index contributed by atoms with van der Waals surface area (Å²) in [6.07, 6.45) is 9.56. The van der Waals surface area contributed by atoms with Crippen LogP contribution in [0.4, 0.5) is 11.4 Å². The molecule has 2 rings (SSSR count). The van der Waals surface area contributed by atoms with E-state index in [0.717, 1.165) is 41.5 Å². The Morgan fingerprint density at radius 2 is 2.28 bits per heavy atom. The summed E-state index contributed by atoms with van der Waals surface area (Å²) < 4.78 is 0. The summed E-state index contributed by atoms with van der Waals surface area (Å²) in [5.74, 6) is 0. The van der Waals surface area contributed by atoms with Gasteiger partial charge in [0.25, 0.3) is 0 Å². The number of aromatic nitrogens is 1. The SMILES string of the molecule is C=CCNc1ccnc2sc(C=O)c(N=CN(C)C(CC)CCC)c12. The van der Waals surface area contributed by atoms with E-state index in [9.17, 15) is 4.79 Å². The summed E-state index contributed by atoms with van der Waals surface area (Å²) in [5.41, 5.74) is 1.61. The Kier molecular flexibility index (Phi) is 7.13. The molecule has 0 amide bonds. The Hall–Kier alpha value is -2.21. The summed E-state index contributed by atoms with van der Waals surface area (Å²) in [5, 5.41) is 4.20. The number of fused-ring (bicyclic) bond motifs is 1. The van der Waals surface area contributed by atoms with Crippen LogP contribution in [0.25, 0.3) is 10.2 Å². The predicted octanol–water partition coefficient (Wildman–Crippen LogP) is 4.88. The zero-order valence-corrected chi connectivity index (χ0v) is 16.0. The first-order chi connectivity index (χ1) is 12.2. The van der Waals surface area contributed by atoms with Crippen LogP contribution in [-0.2, 0) is 0 Å². The van der Waals surface area contributed by atoms with E-state index >= 15 is 0 Å². The van der Waals surface area contributed by atoms with Crippen molar-refractivity contribution >= 4 is 45.6 Å². The molecule has 1 unspecified atom stereocenters. The van der Waals surface area contributed by atoms with Gasteiger partial charge in [0.15, 0.2) is 6.29 Å². The van der Waals surface area contributed by atoms with E-state index in [1.165, 1.54) is 11.3 Å². The van der Waals surface area contributed by atoms with Crippen LogP contribution in [0.2, 0.25) is 0 Å². The lowest BCUT2D eigenvalue weighted by Gasteiger charge is -2.24. The van der Waals surface area contributed by atoms with E-state index in [1.807, 2.05) is 19.5 Å². The van der Waals surface area contributed by atoms with Gasteiger partial charge in [0.2, 0.25) is 0 Å². The van der Waals surface area contributed by atoms with E-state index in [-0.39, 0.29) is 0 Å². The molecule has 6 heteroatoms. The number of aliphatic imine (C=N–C) groups is 1. The van der Waals surface area contributed by atoms with Crippen LogP contribution in [0.5, 0.6) is 0 Å². The van der Waals surface area contributed by atoms with Gasteiger partial charge in [0.05, 0.1) is 22.3 Å². The van der Waals surface area contributed by atoms with E-state index in [2.05, 4.69) is 40.6 Å². The van der Waals surface area contributed by atoms with Crippen LogP contribution < -0.4 is 5.32 Å². The highest BCUT2D eigenvalue weighted by atomic mass is 32.1. The van der Waals surface area contributed by atoms with E-state index < -0.39 is 0 Å². The number of rotatable bonds is 10. The second-order valence-electron chi connectivity index (χ2n) is 5.90. The van der Waals surface area contributed by atoms with Crippen molar-refractivity contribution in [2.45, 2.75) is 39.2 Å². The number of carbonyl (C=O) groups is 1. The number of aldehydes is 1. The number of hydrogen-bond acceptors (Lipinski definition) is 5. The van der Waals surface area contributed by atoms with Gasteiger partial charge in [-0.2, -0.15) is 0 Å². The monoisotopic (exact) mass is 358 g/mol. The minimum Gasteiger partial charge on any atom is -0.381 e. The van der Waals surface area contributed by atoms with Gasteiger partial charge < -0.3 is 10.2 Å². The van der Waals surface area contributed by atoms with Crippen LogP contribution in [0.15, 0.2) is 29.9 Å². The number of nitrogens with zero attached hydrogens (tertiary/aromatic N) is 3. The molecule has 5 nitrogen and oxygen atoms in total. The molecule has 0 saturated carbocycles. The Labute approximate surface area is 153 Å². The lowest BCUT2D eigenvalue weighted by Crippen LogP contribution is -2.29. The van der Waals surface area contributed by atoms with Gasteiger partial charge in [-0.3, -0.25) is 4.79 Å². The Bertz CT molecular complexity index is 753. The fourth-order valence-electron chi connectivity index (χ4n) is 2.83. The van der Waals surface area contributed by atoms with Crippen molar-refractivity contribution in [1.29, 1.82) is 0 Å². The smallest absolute Gasteiger partial charge is 0.162 e. The van der Waals surface area contributed by atoms with Crippen molar-refractivity contribution in [3.8, 4) is 0 Å². The zero-order valence-electron chi connectivity index (χ0n) is 15.2. The van der Waals surface area contributed by atoms with Crippen LogP contribution >= 0.6 is 11.3 Å². The molecule has 2 aromatic rings. The molecular weight excluding hydrogens is 332 g/mol. The van der Waals surface area contributed by atoms with Gasteiger partial charge in [-0.25, -0.2) is 9.98 Å². The molecule has 0 spiro atoms. The molecule has 0 fully saturated rings. The molecule has 0 aliphatic rings. The topological polar surface area (TPSA) is 57.6 Å². The van der Waals surface area contributed by atoms with Crippen LogP contribution in [0, 0.1) is 0 Å². The lowest BCUT2D eigenvalue weighted by molar-refractivity contribution is 0.112. The quantitative estimate of drug-likeness (QED) is 0.285. The number of pyridine rings is 1. The molecule has 134 valence electrons. The molecule has 2 aromatic heterocycles. The summed E-state index contributed by atoms with van der Waals surface area (Å²) in [6, 6.07) is 2.36. The summed E-state index contributed by atoms with van der Waals surface area (Å²) in [4.78, 5) is 24.1. The number of hydrogen-bond donors (Lipinski definition) is 1. The summed E-state index contributed by atoms with van der Waals surface area (Å²) in [7, 11) is 2.04. The van der Waals surface area contributed by atoms with Gasteiger partial charge in [-0.1, -0.05) is 26.3 Å². The van der Waals surface area contributed by atoms with Gasteiger partial charge in [-0.15, -0.1) is 17.9 Å². The second kappa shape index (κ2) is 9.32. The Balaban J connectivity index is 2.42. The second-order valence-corrected chi connectivity index (χ2v) is 6.93. The molecule has 2 heterocycles. The highest BCUT2D eigenvalue weighted by Gasteiger charge is 2.16. The van der Waals surface area contributed by atoms with E-state index in [4.69, 9.17) is 0 Å². The van der Waals surface area contributed by atoms with Gasteiger partial charge >= 0.3 is 0 Å². The molecule has 0 aliphatic carbocycles. The van der Waals surface area contributed by atoms with Crippen molar-refractivity contribution in [1.82, 2.24) is 9.88 Å². The first-order valence-corrected chi connectivity index (χ1v) is 9.45. The fourth-order valence-corrected chi connectivity index (χ4v) is 3.76. The Morgan fingerprint density at radius 3 is 2.92 bits per heavy atom. The van der Waals surface area contributed by atoms with E-state index in [0.29, 0.717) is 23.2 Å². The number of thiophene rings is 1. The van der Waals surface area contributed by atoms with Gasteiger partial charge in [-0.05, 0) is 18.9 Å². The summed E-state index contributed by atoms with van der Waals surface area (Å²) in [6.45, 7) is 8.75. The highest BCUT2D eigenvalue weighted by molar-refractivity contribution is 7.21. The largest absolute Gasteiger partial charge is 0.381 e.